The van der Waals surface area contributed by atoms with Crippen molar-refractivity contribution in [3.05, 3.63) is 71.3 Å². The van der Waals surface area contributed by atoms with E-state index in [0.717, 1.165) is 11.3 Å². The van der Waals surface area contributed by atoms with E-state index in [0.29, 0.717) is 11.1 Å². The lowest BCUT2D eigenvalue weighted by molar-refractivity contribution is 0.0696. The number of benzene rings is 2. The molecule has 1 N–H and O–H groups in total. The molecule has 0 aliphatic heterocycles. The van der Waals surface area contributed by atoms with Crippen molar-refractivity contribution in [2.24, 2.45) is 4.99 Å². The molecule has 100 valence electrons. The molecular weight excluding hydrogens is 250 g/mol. The average Bonchev–Trinajstić information content (AvgIpc) is 2.44. The van der Waals surface area contributed by atoms with Crippen LogP contribution in [0.25, 0.3) is 6.08 Å². The molecule has 0 bridgehead atoms. The molecule has 20 heavy (non-hydrogen) atoms. The van der Waals surface area contributed by atoms with Crippen LogP contribution in [0.3, 0.4) is 0 Å². The maximum Gasteiger partial charge on any atom is 0.335 e. The number of carboxylic acids is 1. The molecule has 0 aliphatic rings. The van der Waals surface area contributed by atoms with Gasteiger partial charge in [-0.1, -0.05) is 36.4 Å². The van der Waals surface area contributed by atoms with Gasteiger partial charge in [0.05, 0.1) is 11.3 Å². The summed E-state index contributed by atoms with van der Waals surface area (Å²) in [6.07, 6.45) is 5.51. The smallest absolute Gasteiger partial charge is 0.335 e. The highest BCUT2D eigenvalue weighted by Gasteiger charge is 2.05. The summed E-state index contributed by atoms with van der Waals surface area (Å²) in [5, 5.41) is 8.95. The van der Waals surface area contributed by atoms with Crippen molar-refractivity contribution < 1.29 is 9.90 Å². The number of hydrogen-bond donors (Lipinski definition) is 1. The van der Waals surface area contributed by atoms with E-state index >= 15 is 0 Å². The van der Waals surface area contributed by atoms with Gasteiger partial charge in [-0.3, -0.25) is 4.99 Å². The summed E-state index contributed by atoms with van der Waals surface area (Å²) in [6.45, 7) is 1.77. The molecule has 2 aromatic rings. The summed E-state index contributed by atoms with van der Waals surface area (Å²) in [4.78, 5) is 15.2. The molecule has 0 fully saturated rings. The third-order valence-electron chi connectivity index (χ3n) is 2.84. The molecule has 2 aromatic carbocycles. The number of carbonyl (C=O) groups is 1. The first-order valence-corrected chi connectivity index (χ1v) is 6.26. The predicted molar refractivity (Wildman–Crippen MR) is 81.8 cm³/mol. The molecule has 0 atom stereocenters. The standard InChI is InChI=1S/C17H15NO2/c1-13-12-15(9-10-16(13)17(19)20)18-11-5-8-14-6-3-2-4-7-14/h2-12H,1H3,(H,19,20). The average molecular weight is 265 g/mol. The van der Waals surface area contributed by atoms with Crippen LogP contribution in [0, 0.1) is 6.92 Å². The van der Waals surface area contributed by atoms with Gasteiger partial charge in [-0.05, 0) is 42.3 Å². The van der Waals surface area contributed by atoms with Gasteiger partial charge in [0, 0.05) is 6.21 Å². The van der Waals surface area contributed by atoms with Crippen LogP contribution in [-0.2, 0) is 0 Å². The molecule has 3 nitrogen and oxygen atoms in total. The third-order valence-corrected chi connectivity index (χ3v) is 2.84. The number of allylic oxidation sites excluding steroid dienone is 1. The van der Waals surface area contributed by atoms with Crippen molar-refractivity contribution >= 4 is 23.9 Å². The van der Waals surface area contributed by atoms with Crippen molar-refractivity contribution in [3.63, 3.8) is 0 Å². The van der Waals surface area contributed by atoms with Gasteiger partial charge in [0.1, 0.15) is 0 Å². The van der Waals surface area contributed by atoms with Crippen LogP contribution >= 0.6 is 0 Å². The summed E-state index contributed by atoms with van der Waals surface area (Å²) in [7, 11) is 0. The fraction of sp³-hybridized carbons (Fsp3) is 0.0588. The van der Waals surface area contributed by atoms with Crippen LogP contribution in [0.1, 0.15) is 21.5 Å². The zero-order valence-electron chi connectivity index (χ0n) is 11.2. The lowest BCUT2D eigenvalue weighted by Crippen LogP contribution is -1.98. The molecule has 3 heteroatoms. The van der Waals surface area contributed by atoms with Crippen LogP contribution in [0.2, 0.25) is 0 Å². The monoisotopic (exact) mass is 265 g/mol. The summed E-state index contributed by atoms with van der Waals surface area (Å²) >= 11 is 0. The number of aromatic carboxylic acids is 1. The van der Waals surface area contributed by atoms with Gasteiger partial charge in [0.25, 0.3) is 0 Å². The Kier molecular flexibility index (Phi) is 4.45. The lowest BCUT2D eigenvalue weighted by Gasteiger charge is -2.00. The fourth-order valence-electron chi connectivity index (χ4n) is 1.82. The Morgan fingerprint density at radius 2 is 1.90 bits per heavy atom. The van der Waals surface area contributed by atoms with Gasteiger partial charge in [0.2, 0.25) is 0 Å². The number of rotatable bonds is 4. The third kappa shape index (κ3) is 3.65. The minimum absolute atomic E-state index is 0.309. The highest BCUT2D eigenvalue weighted by Crippen LogP contribution is 2.17. The minimum atomic E-state index is -0.915. The maximum atomic E-state index is 10.9. The normalized spacial score (nSPS) is 11.2. The van der Waals surface area contributed by atoms with Gasteiger partial charge in [-0.25, -0.2) is 4.79 Å². The van der Waals surface area contributed by atoms with Crippen molar-refractivity contribution in [1.82, 2.24) is 0 Å². The molecule has 0 saturated carbocycles. The molecule has 0 radical (unpaired) electrons. The Labute approximate surface area is 117 Å². The first kappa shape index (κ1) is 13.7. The van der Waals surface area contributed by atoms with Gasteiger partial charge < -0.3 is 5.11 Å². The summed E-state index contributed by atoms with van der Waals surface area (Å²) in [6, 6.07) is 15.0. The largest absolute Gasteiger partial charge is 0.478 e. The van der Waals surface area contributed by atoms with Crippen LogP contribution in [0.4, 0.5) is 5.69 Å². The second-order valence-corrected chi connectivity index (χ2v) is 4.35. The Morgan fingerprint density at radius 1 is 1.15 bits per heavy atom. The zero-order valence-corrected chi connectivity index (χ0v) is 11.2. The predicted octanol–water partition coefficient (Wildman–Crippen LogP) is 4.11. The van der Waals surface area contributed by atoms with E-state index in [9.17, 15) is 4.79 Å². The van der Waals surface area contributed by atoms with E-state index in [2.05, 4.69) is 4.99 Å². The molecule has 0 spiro atoms. The fourth-order valence-corrected chi connectivity index (χ4v) is 1.82. The first-order valence-electron chi connectivity index (χ1n) is 6.26. The highest BCUT2D eigenvalue weighted by atomic mass is 16.4. The zero-order chi connectivity index (χ0) is 14.4. The molecule has 0 aromatic heterocycles. The summed E-state index contributed by atoms with van der Waals surface area (Å²) < 4.78 is 0. The summed E-state index contributed by atoms with van der Waals surface area (Å²) in [5.41, 5.74) is 2.87. The second kappa shape index (κ2) is 6.48. The van der Waals surface area contributed by atoms with Crippen LogP contribution in [0.15, 0.2) is 59.6 Å². The molecule has 0 unspecified atom stereocenters. The van der Waals surface area contributed by atoms with Crippen molar-refractivity contribution in [1.29, 1.82) is 0 Å². The Morgan fingerprint density at radius 3 is 2.55 bits per heavy atom. The van der Waals surface area contributed by atoms with Crippen LogP contribution < -0.4 is 0 Å². The number of nitrogens with zero attached hydrogens (tertiary/aromatic N) is 1. The number of aliphatic imine (C=N–C) groups is 1. The Hall–Kier alpha value is -2.68. The van der Waals surface area contributed by atoms with Crippen LogP contribution in [0.5, 0.6) is 0 Å². The topological polar surface area (TPSA) is 49.7 Å². The van der Waals surface area contributed by atoms with E-state index in [-0.39, 0.29) is 0 Å². The first-order chi connectivity index (χ1) is 9.66. The van der Waals surface area contributed by atoms with E-state index < -0.39 is 5.97 Å². The molecule has 2 rings (SSSR count). The number of carboxylic acid groups (broad SMARTS) is 1. The highest BCUT2D eigenvalue weighted by molar-refractivity contribution is 5.90. The van der Waals surface area contributed by atoms with E-state index in [1.54, 1.807) is 31.3 Å². The number of aryl methyl sites for hydroxylation is 1. The Balaban J connectivity index is 2.07. The summed E-state index contributed by atoms with van der Waals surface area (Å²) in [5.74, 6) is -0.915. The second-order valence-electron chi connectivity index (χ2n) is 4.35. The molecule has 0 heterocycles. The van der Waals surface area contributed by atoms with E-state index in [1.165, 1.54) is 0 Å². The van der Waals surface area contributed by atoms with Crippen LogP contribution in [-0.4, -0.2) is 17.3 Å². The van der Waals surface area contributed by atoms with E-state index in [1.807, 2.05) is 42.5 Å². The van der Waals surface area contributed by atoms with Crippen molar-refractivity contribution in [2.45, 2.75) is 6.92 Å². The van der Waals surface area contributed by atoms with Gasteiger partial charge in [-0.2, -0.15) is 0 Å². The molecule has 0 saturated heterocycles. The maximum absolute atomic E-state index is 10.9. The van der Waals surface area contributed by atoms with Gasteiger partial charge in [-0.15, -0.1) is 0 Å². The van der Waals surface area contributed by atoms with Gasteiger partial charge >= 0.3 is 5.97 Å². The lowest BCUT2D eigenvalue weighted by atomic mass is 10.1. The molecule has 0 amide bonds. The van der Waals surface area contributed by atoms with Crippen molar-refractivity contribution in [3.8, 4) is 0 Å². The molecular formula is C17H15NO2. The van der Waals surface area contributed by atoms with Gasteiger partial charge in [0.15, 0.2) is 0 Å². The van der Waals surface area contributed by atoms with Crippen molar-refractivity contribution in [2.75, 3.05) is 0 Å². The molecule has 0 aliphatic carbocycles. The minimum Gasteiger partial charge on any atom is -0.478 e. The quantitative estimate of drug-likeness (QED) is 0.846. The Bertz CT molecular complexity index is 658. The SMILES string of the molecule is Cc1cc(N=CC=Cc2ccccc2)ccc1C(=O)O. The van der Waals surface area contributed by atoms with E-state index in [4.69, 9.17) is 5.11 Å². The number of hydrogen-bond acceptors (Lipinski definition) is 2.